The van der Waals surface area contributed by atoms with Gasteiger partial charge in [0.05, 0.1) is 6.20 Å². The van der Waals surface area contributed by atoms with Gasteiger partial charge in [0.1, 0.15) is 11.6 Å². The maximum Gasteiger partial charge on any atom is 0.141 e. The van der Waals surface area contributed by atoms with Gasteiger partial charge >= 0.3 is 0 Å². The Hall–Kier alpha value is -1.75. The molecule has 1 aromatic rings. The molecule has 5 heteroatoms. The third-order valence-electron chi connectivity index (χ3n) is 1.66. The summed E-state index contributed by atoms with van der Waals surface area (Å²) in [6.45, 7) is 0.456. The van der Waals surface area contributed by atoms with Crippen LogP contribution in [-0.2, 0) is 0 Å². The highest BCUT2D eigenvalue weighted by atomic mass is 19.1. The van der Waals surface area contributed by atoms with Crippen LogP contribution in [0, 0.1) is 11.2 Å². The van der Waals surface area contributed by atoms with Crippen molar-refractivity contribution in [2.24, 2.45) is 5.73 Å². The molecular formula is C10H13FN4. The van der Waals surface area contributed by atoms with Crippen molar-refractivity contribution in [3.63, 3.8) is 0 Å². The van der Waals surface area contributed by atoms with E-state index in [1.165, 1.54) is 12.1 Å². The fraction of sp³-hybridized carbons (Fsp3) is 0.200. The van der Waals surface area contributed by atoms with Crippen molar-refractivity contribution in [3.8, 4) is 0 Å². The van der Waals surface area contributed by atoms with Crippen molar-refractivity contribution < 1.29 is 4.39 Å². The zero-order valence-corrected chi connectivity index (χ0v) is 8.20. The Morgan fingerprint density at radius 2 is 2.40 bits per heavy atom. The summed E-state index contributed by atoms with van der Waals surface area (Å²) in [6.07, 6.45) is 4.84. The molecule has 4 nitrogen and oxygen atoms in total. The van der Waals surface area contributed by atoms with Crippen molar-refractivity contribution in [1.29, 1.82) is 5.41 Å². The molecule has 0 aliphatic heterocycles. The molecule has 1 aromatic heterocycles. The van der Waals surface area contributed by atoms with Gasteiger partial charge in [-0.05, 0) is 24.8 Å². The maximum atomic E-state index is 12.5. The molecule has 0 unspecified atom stereocenters. The lowest BCUT2D eigenvalue weighted by atomic mass is 10.3. The first kappa shape index (κ1) is 11.3. The third-order valence-corrected chi connectivity index (χ3v) is 1.66. The molecule has 0 aliphatic rings. The summed E-state index contributed by atoms with van der Waals surface area (Å²) in [4.78, 5) is 3.79. The number of hydrogen-bond acceptors (Lipinski definition) is 4. The van der Waals surface area contributed by atoms with Gasteiger partial charge in [-0.15, -0.1) is 0 Å². The minimum absolute atomic E-state index is 0.375. The van der Waals surface area contributed by atoms with Crippen LogP contribution in [0.2, 0.25) is 0 Å². The largest absolute Gasteiger partial charge is 0.347 e. The van der Waals surface area contributed by atoms with Crippen molar-refractivity contribution in [2.75, 3.05) is 11.9 Å². The molecule has 4 N–H and O–H groups in total. The number of pyridine rings is 1. The smallest absolute Gasteiger partial charge is 0.141 e. The van der Waals surface area contributed by atoms with Gasteiger partial charge in [0.15, 0.2) is 0 Å². The second-order valence-electron chi connectivity index (χ2n) is 2.90. The molecule has 0 spiro atoms. The highest BCUT2D eigenvalue weighted by molar-refractivity contribution is 5.92. The minimum atomic E-state index is -0.375. The van der Waals surface area contributed by atoms with Gasteiger partial charge in [0, 0.05) is 18.3 Å². The molecule has 1 rings (SSSR count). The van der Waals surface area contributed by atoms with Crippen molar-refractivity contribution >= 4 is 11.5 Å². The Morgan fingerprint density at radius 3 is 3.00 bits per heavy atom. The third kappa shape index (κ3) is 4.33. The number of nitrogens with two attached hydrogens (primary N) is 1. The highest BCUT2D eigenvalue weighted by Crippen LogP contribution is 2.02. The Balaban J connectivity index is 2.43. The number of nitrogens with one attached hydrogen (secondary N) is 2. The summed E-state index contributed by atoms with van der Waals surface area (Å²) in [5.41, 5.74) is 5.72. The van der Waals surface area contributed by atoms with Crippen molar-refractivity contribution in [3.05, 3.63) is 36.4 Å². The highest BCUT2D eigenvalue weighted by Gasteiger charge is 1.92. The summed E-state index contributed by atoms with van der Waals surface area (Å²) >= 11 is 0. The molecule has 15 heavy (non-hydrogen) atoms. The van der Waals surface area contributed by atoms with Crippen LogP contribution in [0.15, 0.2) is 30.6 Å². The first-order valence-electron chi connectivity index (χ1n) is 4.54. The van der Waals surface area contributed by atoms with Gasteiger partial charge in [-0.3, -0.25) is 0 Å². The quantitative estimate of drug-likeness (QED) is 0.642. The van der Waals surface area contributed by atoms with E-state index in [-0.39, 0.29) is 5.82 Å². The summed E-state index contributed by atoms with van der Waals surface area (Å²) in [7, 11) is 0. The Kier molecular flexibility index (Phi) is 4.43. The van der Waals surface area contributed by atoms with Gasteiger partial charge in [-0.1, -0.05) is 0 Å². The monoisotopic (exact) mass is 208 g/mol. The number of hydrogen-bond donors (Lipinski definition) is 3. The molecule has 1 heterocycles. The van der Waals surface area contributed by atoms with E-state index in [9.17, 15) is 4.39 Å². The predicted octanol–water partition coefficient (Wildman–Crippen LogP) is 1.51. The number of allylic oxidation sites excluding steroid dienone is 1. The number of rotatable bonds is 5. The normalized spacial score (nSPS) is 10.5. The van der Waals surface area contributed by atoms with Crippen LogP contribution in [0.1, 0.15) is 6.42 Å². The molecule has 0 saturated heterocycles. The first-order valence-corrected chi connectivity index (χ1v) is 4.54. The molecule has 80 valence electrons. The Morgan fingerprint density at radius 1 is 1.60 bits per heavy atom. The average molecular weight is 208 g/mol. The summed E-state index contributed by atoms with van der Waals surface area (Å²) in [5, 5.41) is 10.2. The number of halogens is 1. The Bertz CT molecular complexity index is 345. The van der Waals surface area contributed by atoms with Crippen LogP contribution in [-0.4, -0.2) is 17.2 Å². The molecular weight excluding hydrogens is 195 g/mol. The lowest BCUT2D eigenvalue weighted by Crippen LogP contribution is -2.05. The molecule has 0 saturated carbocycles. The van der Waals surface area contributed by atoms with Crippen LogP contribution in [0.3, 0.4) is 0 Å². The molecule has 0 bridgehead atoms. The van der Waals surface area contributed by atoms with Gasteiger partial charge in [0.2, 0.25) is 0 Å². The van der Waals surface area contributed by atoms with Crippen molar-refractivity contribution in [1.82, 2.24) is 4.98 Å². The Labute approximate surface area is 87.5 Å². The molecule has 0 amide bonds. The molecule has 0 aliphatic carbocycles. The van der Waals surface area contributed by atoms with E-state index in [1.54, 1.807) is 12.3 Å². The first-order chi connectivity index (χ1) is 7.22. The van der Waals surface area contributed by atoms with Crippen LogP contribution in [0.4, 0.5) is 10.2 Å². The van der Waals surface area contributed by atoms with E-state index < -0.39 is 0 Å². The standard InChI is InChI=1S/C10H13FN4/c11-8-1-2-10(15-7-8)14-6-4-9(13)3-5-12/h1-2,4,6-7,13H,3,5,12H2,(H,14,15)/b6-4-,13-9?. The number of anilines is 1. The fourth-order valence-corrected chi connectivity index (χ4v) is 0.928. The molecule has 0 fully saturated rings. The van der Waals surface area contributed by atoms with Gasteiger partial charge in [0.25, 0.3) is 0 Å². The topological polar surface area (TPSA) is 74.8 Å². The zero-order chi connectivity index (χ0) is 11.1. The lowest BCUT2D eigenvalue weighted by Gasteiger charge is -1.98. The van der Waals surface area contributed by atoms with Crippen LogP contribution in [0.5, 0.6) is 0 Å². The summed E-state index contributed by atoms with van der Waals surface area (Å²) < 4.78 is 12.5. The van der Waals surface area contributed by atoms with E-state index in [2.05, 4.69) is 10.3 Å². The van der Waals surface area contributed by atoms with Gasteiger partial charge in [-0.25, -0.2) is 9.37 Å². The van der Waals surface area contributed by atoms with E-state index >= 15 is 0 Å². The minimum Gasteiger partial charge on any atom is -0.347 e. The van der Waals surface area contributed by atoms with Gasteiger partial charge < -0.3 is 16.5 Å². The fourth-order valence-electron chi connectivity index (χ4n) is 0.928. The van der Waals surface area contributed by atoms with E-state index in [4.69, 9.17) is 11.1 Å². The molecule has 0 radical (unpaired) electrons. The average Bonchev–Trinajstić information content (AvgIpc) is 2.21. The number of nitrogens with zero attached hydrogens (tertiary/aromatic N) is 1. The molecule has 0 atom stereocenters. The van der Waals surface area contributed by atoms with Crippen LogP contribution in [0.25, 0.3) is 0 Å². The zero-order valence-electron chi connectivity index (χ0n) is 8.20. The van der Waals surface area contributed by atoms with Crippen LogP contribution >= 0.6 is 0 Å². The summed E-state index contributed by atoms with van der Waals surface area (Å²) in [6, 6.07) is 2.83. The number of aromatic nitrogens is 1. The maximum absolute atomic E-state index is 12.5. The summed E-state index contributed by atoms with van der Waals surface area (Å²) in [5.74, 6) is 0.161. The van der Waals surface area contributed by atoms with Crippen molar-refractivity contribution in [2.45, 2.75) is 6.42 Å². The van der Waals surface area contributed by atoms with E-state index in [0.29, 0.717) is 24.5 Å². The predicted molar refractivity (Wildman–Crippen MR) is 58.4 cm³/mol. The molecule has 0 aromatic carbocycles. The SMILES string of the molecule is N=C(/C=C\Nc1ccc(F)cn1)CCN. The van der Waals surface area contributed by atoms with E-state index in [1.807, 2.05) is 0 Å². The van der Waals surface area contributed by atoms with Crippen LogP contribution < -0.4 is 11.1 Å². The lowest BCUT2D eigenvalue weighted by molar-refractivity contribution is 0.622. The second kappa shape index (κ2) is 5.87. The van der Waals surface area contributed by atoms with E-state index in [0.717, 1.165) is 6.20 Å². The van der Waals surface area contributed by atoms with Gasteiger partial charge in [-0.2, -0.15) is 0 Å². The second-order valence-corrected chi connectivity index (χ2v) is 2.90.